The Hall–Kier alpha value is -1.41. The number of hydrogen-bond acceptors (Lipinski definition) is 6. The van der Waals surface area contributed by atoms with Crippen LogP contribution in [0, 0.1) is 11.8 Å². The maximum absolute atomic E-state index is 10.7. The molecule has 0 saturated carbocycles. The quantitative estimate of drug-likeness (QED) is 0.160. The number of ether oxygens (including phenoxy) is 2. The lowest BCUT2D eigenvalue weighted by atomic mass is 10.2. The summed E-state index contributed by atoms with van der Waals surface area (Å²) in [6, 6.07) is 0. The Kier molecular flexibility index (Phi) is 15.2. The zero-order valence-corrected chi connectivity index (χ0v) is 26.2. The highest BCUT2D eigenvalue weighted by Crippen LogP contribution is 2.37. The first-order chi connectivity index (χ1) is 15.1. The van der Waals surface area contributed by atoms with E-state index in [1.807, 2.05) is 19.1 Å². The Bertz CT molecular complexity index is 718. The van der Waals surface area contributed by atoms with Crippen LogP contribution in [-0.4, -0.2) is 54.0 Å². The van der Waals surface area contributed by atoms with Gasteiger partial charge < -0.3 is 18.3 Å². The zero-order valence-electron chi connectivity index (χ0n) is 24.2. The highest BCUT2D eigenvalue weighted by atomic mass is 28.4. The molecule has 0 N–H and O–H groups in total. The average Bonchev–Trinajstić information content (AvgIpc) is 2.60. The Morgan fingerprint density at radius 2 is 1.26 bits per heavy atom. The molecule has 0 aromatic rings. The van der Waals surface area contributed by atoms with Crippen LogP contribution in [0.4, 0.5) is 0 Å². The average molecular weight is 515 g/mol. The Balaban J connectivity index is 0. The van der Waals surface area contributed by atoms with E-state index in [4.69, 9.17) is 18.3 Å². The van der Waals surface area contributed by atoms with Crippen LogP contribution in [0.3, 0.4) is 0 Å². The SMILES string of the molecule is CC(=O)O[C@H](C)/C=C\CO[Si](C)(C)C(C)(C)C.CC(=O)O[C@H](C)C#CCO[Si](C)(C)C(C)(C)C. The number of esters is 2. The normalized spacial score (nSPS) is 14.3. The highest BCUT2D eigenvalue weighted by Gasteiger charge is 2.37. The molecule has 0 aliphatic heterocycles. The van der Waals surface area contributed by atoms with Crippen LogP contribution >= 0.6 is 0 Å². The molecule has 2 atom stereocenters. The predicted octanol–water partition coefficient (Wildman–Crippen LogP) is 6.48. The van der Waals surface area contributed by atoms with Crippen LogP contribution in [0.1, 0.15) is 69.2 Å². The van der Waals surface area contributed by atoms with E-state index in [1.165, 1.54) is 13.8 Å². The summed E-state index contributed by atoms with van der Waals surface area (Å²) in [6.45, 7) is 29.4. The molecule has 0 aromatic carbocycles. The molecule has 0 heterocycles. The number of carbonyl (C=O) groups excluding carboxylic acids is 2. The van der Waals surface area contributed by atoms with Crippen LogP contribution in [0.25, 0.3) is 0 Å². The van der Waals surface area contributed by atoms with Gasteiger partial charge in [-0.15, -0.1) is 0 Å². The summed E-state index contributed by atoms with van der Waals surface area (Å²) in [5, 5.41) is 0.415. The predicted molar refractivity (Wildman–Crippen MR) is 146 cm³/mol. The molecular weight excluding hydrogens is 464 g/mol. The van der Waals surface area contributed by atoms with Gasteiger partial charge in [0.25, 0.3) is 0 Å². The minimum Gasteiger partial charge on any atom is -0.459 e. The fourth-order valence-electron chi connectivity index (χ4n) is 1.92. The van der Waals surface area contributed by atoms with Gasteiger partial charge >= 0.3 is 11.9 Å². The second-order valence-corrected chi connectivity index (χ2v) is 21.1. The standard InChI is InChI=1S/C13H26O3Si.C13H24O3Si/c2*1-11(16-12(2)14)9-8-10-15-17(6,7)13(3,4)5/h8-9,11H,10H2,1-7H3;11H,10H2,1-7H3/b9-8-;/t2*11-/m11/s1. The summed E-state index contributed by atoms with van der Waals surface area (Å²) < 4.78 is 21.7. The highest BCUT2D eigenvalue weighted by molar-refractivity contribution is 6.74. The van der Waals surface area contributed by atoms with E-state index in [1.54, 1.807) is 6.92 Å². The van der Waals surface area contributed by atoms with Crippen LogP contribution in [0.2, 0.25) is 36.3 Å². The smallest absolute Gasteiger partial charge is 0.303 e. The topological polar surface area (TPSA) is 71.1 Å². The van der Waals surface area contributed by atoms with E-state index in [2.05, 4.69) is 79.6 Å². The van der Waals surface area contributed by atoms with Crippen molar-refractivity contribution >= 4 is 28.6 Å². The van der Waals surface area contributed by atoms with E-state index in [-0.39, 0.29) is 34.2 Å². The first-order valence-electron chi connectivity index (χ1n) is 11.9. The van der Waals surface area contributed by atoms with Crippen molar-refractivity contribution in [3.05, 3.63) is 12.2 Å². The minimum atomic E-state index is -1.72. The third kappa shape index (κ3) is 16.3. The third-order valence-electron chi connectivity index (χ3n) is 6.06. The van der Waals surface area contributed by atoms with Crippen LogP contribution < -0.4 is 0 Å². The first-order valence-corrected chi connectivity index (χ1v) is 17.7. The van der Waals surface area contributed by atoms with E-state index in [0.29, 0.717) is 13.2 Å². The first kappa shape index (κ1) is 34.8. The molecule has 198 valence electrons. The lowest BCUT2D eigenvalue weighted by Gasteiger charge is -2.35. The molecule has 0 aromatic heterocycles. The zero-order chi connectivity index (χ0) is 27.4. The molecule has 0 radical (unpaired) electrons. The van der Waals surface area contributed by atoms with Gasteiger partial charge in [-0.05, 0) is 56.2 Å². The van der Waals surface area contributed by atoms with Gasteiger partial charge in [0.2, 0.25) is 0 Å². The molecule has 0 amide bonds. The molecule has 0 aliphatic carbocycles. The van der Waals surface area contributed by atoms with Crippen LogP contribution in [0.5, 0.6) is 0 Å². The molecule has 0 fully saturated rings. The Labute approximate surface area is 211 Å². The fourth-order valence-corrected chi connectivity index (χ4v) is 3.73. The summed E-state index contributed by atoms with van der Waals surface area (Å²) in [7, 11) is -3.39. The summed E-state index contributed by atoms with van der Waals surface area (Å²) in [5.74, 6) is 5.18. The van der Waals surface area contributed by atoms with Crippen molar-refractivity contribution in [2.24, 2.45) is 0 Å². The van der Waals surface area contributed by atoms with E-state index in [0.717, 1.165) is 0 Å². The monoisotopic (exact) mass is 514 g/mol. The molecule has 0 unspecified atom stereocenters. The van der Waals surface area contributed by atoms with Crippen molar-refractivity contribution in [1.29, 1.82) is 0 Å². The van der Waals surface area contributed by atoms with Gasteiger partial charge in [0.05, 0.1) is 13.2 Å². The summed E-state index contributed by atoms with van der Waals surface area (Å²) in [5.41, 5.74) is 0. The maximum Gasteiger partial charge on any atom is 0.303 e. The molecule has 0 bridgehead atoms. The van der Waals surface area contributed by atoms with Crippen molar-refractivity contribution in [3.8, 4) is 11.8 Å². The fraction of sp³-hybridized carbons (Fsp3) is 0.769. The molecular formula is C26H50O6Si2. The van der Waals surface area contributed by atoms with Crippen LogP contribution in [-0.2, 0) is 27.9 Å². The Morgan fingerprint density at radius 1 is 0.824 bits per heavy atom. The van der Waals surface area contributed by atoms with Gasteiger partial charge in [-0.3, -0.25) is 9.59 Å². The molecule has 6 nitrogen and oxygen atoms in total. The van der Waals surface area contributed by atoms with Crippen molar-refractivity contribution in [2.45, 2.75) is 118 Å². The molecule has 0 aliphatic rings. The van der Waals surface area contributed by atoms with Gasteiger partial charge in [-0.1, -0.05) is 59.5 Å². The van der Waals surface area contributed by atoms with Gasteiger partial charge in [-0.25, -0.2) is 0 Å². The summed E-state index contributed by atoms with van der Waals surface area (Å²) in [6.07, 6.45) is 3.23. The number of rotatable bonds is 8. The minimum absolute atomic E-state index is 0.185. The largest absolute Gasteiger partial charge is 0.459 e. The summed E-state index contributed by atoms with van der Waals surface area (Å²) >= 11 is 0. The second kappa shape index (κ2) is 14.9. The Morgan fingerprint density at radius 3 is 1.68 bits per heavy atom. The van der Waals surface area contributed by atoms with Crippen molar-refractivity contribution in [3.63, 3.8) is 0 Å². The molecule has 0 rings (SSSR count). The van der Waals surface area contributed by atoms with Gasteiger partial charge in [-0.2, -0.15) is 0 Å². The summed E-state index contributed by atoms with van der Waals surface area (Å²) in [4.78, 5) is 21.4. The molecule has 0 spiro atoms. The molecule has 8 heteroatoms. The van der Waals surface area contributed by atoms with Crippen molar-refractivity contribution in [2.75, 3.05) is 13.2 Å². The van der Waals surface area contributed by atoms with Gasteiger partial charge in [0, 0.05) is 13.8 Å². The van der Waals surface area contributed by atoms with Crippen LogP contribution in [0.15, 0.2) is 12.2 Å². The lowest BCUT2D eigenvalue weighted by molar-refractivity contribution is -0.144. The van der Waals surface area contributed by atoms with E-state index >= 15 is 0 Å². The molecule has 34 heavy (non-hydrogen) atoms. The van der Waals surface area contributed by atoms with Crippen molar-refractivity contribution < 1.29 is 27.9 Å². The second-order valence-electron chi connectivity index (χ2n) is 11.4. The number of hydrogen-bond donors (Lipinski definition) is 0. The van der Waals surface area contributed by atoms with Gasteiger partial charge in [0.15, 0.2) is 22.7 Å². The van der Waals surface area contributed by atoms with Gasteiger partial charge in [0.1, 0.15) is 6.10 Å². The van der Waals surface area contributed by atoms with Crippen molar-refractivity contribution in [1.82, 2.24) is 0 Å². The maximum atomic E-state index is 10.7. The lowest BCUT2D eigenvalue weighted by Crippen LogP contribution is -2.40. The number of carbonyl (C=O) groups is 2. The molecule has 0 saturated heterocycles. The third-order valence-corrected chi connectivity index (χ3v) is 15.0. The van der Waals surface area contributed by atoms with E-state index < -0.39 is 16.6 Å². The van der Waals surface area contributed by atoms with E-state index in [9.17, 15) is 9.59 Å².